The van der Waals surface area contributed by atoms with Crippen LogP contribution in [0.15, 0.2) is 83.8 Å². The lowest BCUT2D eigenvalue weighted by Gasteiger charge is -2.08. The first-order valence-electron chi connectivity index (χ1n) is 7.75. The molecule has 3 aromatic rings. The van der Waals surface area contributed by atoms with Crippen molar-refractivity contribution in [1.29, 1.82) is 0 Å². The second-order valence-electron chi connectivity index (χ2n) is 5.24. The first kappa shape index (κ1) is 17.0. The zero-order valence-corrected chi connectivity index (χ0v) is 14.6. The van der Waals surface area contributed by atoms with Gasteiger partial charge in [0.15, 0.2) is 0 Å². The molecule has 3 aromatic carbocycles. The highest BCUT2D eigenvalue weighted by Gasteiger charge is 2.07. The van der Waals surface area contributed by atoms with Crippen molar-refractivity contribution in [2.24, 2.45) is 0 Å². The molecule has 0 spiro atoms. The molecule has 0 aromatic heterocycles. The van der Waals surface area contributed by atoms with Gasteiger partial charge in [-0.25, -0.2) is 4.21 Å². The fourth-order valence-electron chi connectivity index (χ4n) is 2.15. The van der Waals surface area contributed by atoms with Crippen molar-refractivity contribution in [2.75, 3.05) is 7.11 Å². The van der Waals surface area contributed by atoms with Crippen molar-refractivity contribution in [2.45, 2.75) is 11.5 Å². The zero-order chi connectivity index (χ0) is 17.5. The molecule has 1 unspecified atom stereocenters. The van der Waals surface area contributed by atoms with Crippen LogP contribution in [0, 0.1) is 0 Å². The third kappa shape index (κ3) is 4.84. The van der Waals surface area contributed by atoms with Gasteiger partial charge in [0, 0.05) is 0 Å². The van der Waals surface area contributed by atoms with Crippen molar-refractivity contribution in [3.05, 3.63) is 84.4 Å². The first-order valence-corrected chi connectivity index (χ1v) is 8.83. The van der Waals surface area contributed by atoms with Crippen LogP contribution >= 0.6 is 0 Å². The topological polar surface area (TPSA) is 44.8 Å². The van der Waals surface area contributed by atoms with Crippen LogP contribution in [0.25, 0.3) is 0 Å². The summed E-state index contributed by atoms with van der Waals surface area (Å²) in [6.45, 7) is 0.499. The van der Waals surface area contributed by atoms with E-state index in [-0.39, 0.29) is 0 Å². The summed E-state index contributed by atoms with van der Waals surface area (Å²) in [4.78, 5) is 0.574. The number of hydrogen-bond acceptors (Lipinski definition) is 4. The molecule has 0 amide bonds. The normalized spacial score (nSPS) is 11.6. The Kier molecular flexibility index (Phi) is 5.69. The highest BCUT2D eigenvalue weighted by molar-refractivity contribution is 7.80. The van der Waals surface area contributed by atoms with E-state index in [4.69, 9.17) is 13.7 Å². The Bertz CT molecular complexity index is 815. The van der Waals surface area contributed by atoms with Gasteiger partial charge in [0.1, 0.15) is 23.9 Å². The predicted octanol–water partition coefficient (Wildman–Crippen LogP) is 4.38. The summed E-state index contributed by atoms with van der Waals surface area (Å²) in [5.41, 5.74) is 1.10. The molecule has 0 saturated heterocycles. The fourth-order valence-corrected chi connectivity index (χ4v) is 2.90. The molecule has 0 radical (unpaired) electrons. The predicted molar refractivity (Wildman–Crippen MR) is 97.2 cm³/mol. The molecule has 0 heterocycles. The van der Waals surface area contributed by atoms with Crippen molar-refractivity contribution in [1.82, 2.24) is 0 Å². The fraction of sp³-hybridized carbons (Fsp3) is 0.100. The molecule has 5 heteroatoms. The van der Waals surface area contributed by atoms with Gasteiger partial charge in [-0.05, 0) is 54.1 Å². The summed E-state index contributed by atoms with van der Waals surface area (Å²) < 4.78 is 28.5. The largest absolute Gasteiger partial charge is 0.497 e. The summed E-state index contributed by atoms with van der Waals surface area (Å²) in [6.07, 6.45) is 0. The van der Waals surface area contributed by atoms with E-state index in [0.29, 0.717) is 23.0 Å². The minimum absolute atomic E-state index is 0.499. The average Bonchev–Trinajstić information content (AvgIpc) is 2.68. The van der Waals surface area contributed by atoms with Gasteiger partial charge < -0.3 is 13.7 Å². The average molecular weight is 354 g/mol. The van der Waals surface area contributed by atoms with Crippen LogP contribution in [-0.2, 0) is 17.7 Å². The maximum Gasteiger partial charge on any atom is 0.240 e. The molecule has 0 aliphatic heterocycles. The van der Waals surface area contributed by atoms with E-state index in [1.54, 1.807) is 55.6 Å². The lowest BCUT2D eigenvalue weighted by Crippen LogP contribution is -2.01. The van der Waals surface area contributed by atoms with Crippen molar-refractivity contribution < 1.29 is 17.9 Å². The highest BCUT2D eigenvalue weighted by atomic mass is 32.2. The number of rotatable bonds is 7. The lowest BCUT2D eigenvalue weighted by molar-refractivity contribution is 0.306. The van der Waals surface area contributed by atoms with Crippen LogP contribution in [0.1, 0.15) is 5.56 Å². The van der Waals surface area contributed by atoms with E-state index in [1.807, 2.05) is 30.3 Å². The standard InChI is InChI=1S/C20H18O4S/c1-22-17-11-13-20(14-12-17)25(21)24-19-9-7-18(8-10-19)23-15-16-5-3-2-4-6-16/h2-14H,15H2,1H3. The Morgan fingerprint density at radius 3 is 2.00 bits per heavy atom. The minimum Gasteiger partial charge on any atom is -0.497 e. The highest BCUT2D eigenvalue weighted by Crippen LogP contribution is 2.22. The molecule has 4 nitrogen and oxygen atoms in total. The van der Waals surface area contributed by atoms with Crippen LogP contribution in [0.5, 0.6) is 17.2 Å². The van der Waals surface area contributed by atoms with E-state index < -0.39 is 11.1 Å². The monoisotopic (exact) mass is 354 g/mol. The first-order chi connectivity index (χ1) is 12.2. The summed E-state index contributed by atoms with van der Waals surface area (Å²) >= 11 is -1.58. The lowest BCUT2D eigenvalue weighted by atomic mass is 10.2. The Balaban J connectivity index is 1.57. The molecule has 0 N–H and O–H groups in total. The van der Waals surface area contributed by atoms with Gasteiger partial charge in [-0.15, -0.1) is 0 Å². The molecular formula is C20H18O4S. The second kappa shape index (κ2) is 8.35. The Labute approximate surface area is 149 Å². The molecule has 0 aliphatic rings. The molecule has 25 heavy (non-hydrogen) atoms. The Hall–Kier alpha value is -2.79. The van der Waals surface area contributed by atoms with Crippen LogP contribution in [-0.4, -0.2) is 11.3 Å². The van der Waals surface area contributed by atoms with Gasteiger partial charge in [0.05, 0.1) is 12.0 Å². The number of ether oxygens (including phenoxy) is 2. The van der Waals surface area contributed by atoms with Crippen LogP contribution < -0.4 is 13.7 Å². The van der Waals surface area contributed by atoms with Gasteiger partial charge >= 0.3 is 0 Å². The molecular weight excluding hydrogens is 336 g/mol. The molecule has 128 valence electrons. The number of hydrogen-bond donors (Lipinski definition) is 0. The van der Waals surface area contributed by atoms with E-state index in [1.165, 1.54) is 0 Å². The van der Waals surface area contributed by atoms with Crippen molar-refractivity contribution >= 4 is 11.1 Å². The van der Waals surface area contributed by atoms with E-state index in [0.717, 1.165) is 11.3 Å². The number of benzene rings is 3. The quantitative estimate of drug-likeness (QED) is 0.632. The molecule has 0 fully saturated rings. The minimum atomic E-state index is -1.58. The van der Waals surface area contributed by atoms with E-state index in [2.05, 4.69) is 0 Å². The van der Waals surface area contributed by atoms with Gasteiger partial charge in [-0.2, -0.15) is 0 Å². The summed E-state index contributed by atoms with van der Waals surface area (Å²) in [5, 5.41) is 0. The Morgan fingerprint density at radius 1 is 0.760 bits per heavy atom. The SMILES string of the molecule is COc1ccc(S(=O)Oc2ccc(OCc3ccccc3)cc2)cc1. The molecule has 3 rings (SSSR count). The maximum absolute atomic E-state index is 12.2. The van der Waals surface area contributed by atoms with Crippen molar-refractivity contribution in [3.63, 3.8) is 0 Å². The molecule has 1 atom stereocenters. The number of methoxy groups -OCH3 is 1. The molecule has 0 aliphatic carbocycles. The molecule has 0 bridgehead atoms. The van der Waals surface area contributed by atoms with Crippen LogP contribution in [0.3, 0.4) is 0 Å². The smallest absolute Gasteiger partial charge is 0.240 e. The van der Waals surface area contributed by atoms with E-state index >= 15 is 0 Å². The van der Waals surface area contributed by atoms with Gasteiger partial charge in [-0.3, -0.25) is 0 Å². The zero-order valence-electron chi connectivity index (χ0n) is 13.8. The second-order valence-corrected chi connectivity index (χ2v) is 6.35. The van der Waals surface area contributed by atoms with Crippen molar-refractivity contribution in [3.8, 4) is 17.2 Å². The van der Waals surface area contributed by atoms with Crippen LogP contribution in [0.4, 0.5) is 0 Å². The third-order valence-electron chi connectivity index (χ3n) is 3.50. The van der Waals surface area contributed by atoms with E-state index in [9.17, 15) is 4.21 Å². The maximum atomic E-state index is 12.2. The molecule has 0 saturated carbocycles. The summed E-state index contributed by atoms with van der Waals surface area (Å²) in [7, 11) is 1.59. The van der Waals surface area contributed by atoms with Gasteiger partial charge in [-0.1, -0.05) is 30.3 Å². The van der Waals surface area contributed by atoms with Gasteiger partial charge in [0.2, 0.25) is 11.1 Å². The summed E-state index contributed by atoms with van der Waals surface area (Å²) in [5.74, 6) is 1.95. The van der Waals surface area contributed by atoms with Crippen LogP contribution in [0.2, 0.25) is 0 Å². The Morgan fingerprint density at radius 2 is 1.36 bits per heavy atom. The summed E-state index contributed by atoms with van der Waals surface area (Å²) in [6, 6.07) is 23.9. The van der Waals surface area contributed by atoms with Gasteiger partial charge in [0.25, 0.3) is 0 Å². The third-order valence-corrected chi connectivity index (χ3v) is 4.50.